The summed E-state index contributed by atoms with van der Waals surface area (Å²) >= 11 is 5.76. The van der Waals surface area contributed by atoms with Crippen LogP contribution in [0.1, 0.15) is 5.56 Å². The molecule has 5 heteroatoms. The van der Waals surface area contributed by atoms with Crippen LogP contribution in [0.4, 0.5) is 0 Å². The van der Waals surface area contributed by atoms with Gasteiger partial charge in [0.1, 0.15) is 5.75 Å². The minimum Gasteiger partial charge on any atom is -0.508 e. The van der Waals surface area contributed by atoms with Crippen molar-refractivity contribution < 1.29 is 15.3 Å². The number of aliphatic hydroxyl groups is 2. The number of hydrogen-bond donors (Lipinski definition) is 4. The first kappa shape index (κ1) is 12.3. The molecule has 0 radical (unpaired) electrons. The van der Waals surface area contributed by atoms with Crippen molar-refractivity contribution >= 4 is 11.6 Å². The van der Waals surface area contributed by atoms with E-state index < -0.39 is 6.10 Å². The predicted octanol–water partition coefficient (Wildman–Crippen LogP) is 0.488. The molecule has 1 aromatic carbocycles. The summed E-state index contributed by atoms with van der Waals surface area (Å²) < 4.78 is 0. The van der Waals surface area contributed by atoms with Gasteiger partial charge in [0.2, 0.25) is 0 Å². The average Bonchev–Trinajstić information content (AvgIpc) is 2.23. The van der Waals surface area contributed by atoms with Crippen LogP contribution in [0.25, 0.3) is 0 Å². The molecule has 1 aromatic rings. The molecule has 1 atom stereocenters. The summed E-state index contributed by atoms with van der Waals surface area (Å²) in [6.45, 7) is 0.375. The lowest BCUT2D eigenvalue weighted by atomic mass is 10.2. The van der Waals surface area contributed by atoms with Gasteiger partial charge in [-0.05, 0) is 18.2 Å². The molecule has 0 aliphatic rings. The minimum atomic E-state index is -0.786. The Hall–Kier alpha value is -0.810. The maximum Gasteiger partial charge on any atom is 0.120 e. The summed E-state index contributed by atoms with van der Waals surface area (Å²) in [5, 5.41) is 30.5. The monoisotopic (exact) mass is 231 g/mol. The van der Waals surface area contributed by atoms with Crippen LogP contribution < -0.4 is 5.32 Å². The number of phenolic OH excluding ortho intramolecular Hbond substituents is 1. The van der Waals surface area contributed by atoms with Crippen LogP contribution in [0.2, 0.25) is 5.02 Å². The molecule has 0 unspecified atom stereocenters. The van der Waals surface area contributed by atoms with Gasteiger partial charge in [-0.3, -0.25) is 0 Å². The van der Waals surface area contributed by atoms with Gasteiger partial charge in [-0.15, -0.1) is 0 Å². The molecule has 84 valence electrons. The standard InChI is InChI=1S/C10H14ClNO3/c11-8-1-2-10(15)7(3-8)4-12-5-9(14)6-13/h1-3,9,12-15H,4-6H2/t9-/m1/s1. The molecule has 0 aliphatic carbocycles. The van der Waals surface area contributed by atoms with Crippen LogP contribution in [0.15, 0.2) is 18.2 Å². The van der Waals surface area contributed by atoms with Crippen molar-refractivity contribution in [1.82, 2.24) is 5.32 Å². The van der Waals surface area contributed by atoms with Crippen LogP contribution in [0.5, 0.6) is 5.75 Å². The van der Waals surface area contributed by atoms with Crippen LogP contribution in [0, 0.1) is 0 Å². The minimum absolute atomic E-state index is 0.158. The number of nitrogens with one attached hydrogen (secondary N) is 1. The Morgan fingerprint density at radius 1 is 1.40 bits per heavy atom. The summed E-state index contributed by atoms with van der Waals surface area (Å²) in [7, 11) is 0. The number of benzene rings is 1. The van der Waals surface area contributed by atoms with Gasteiger partial charge in [-0.25, -0.2) is 0 Å². The van der Waals surface area contributed by atoms with E-state index in [1.807, 2.05) is 0 Å². The Morgan fingerprint density at radius 2 is 2.13 bits per heavy atom. The summed E-state index contributed by atoms with van der Waals surface area (Å²) in [6.07, 6.45) is -0.786. The van der Waals surface area contributed by atoms with E-state index in [4.69, 9.17) is 21.8 Å². The van der Waals surface area contributed by atoms with Gasteiger partial charge >= 0.3 is 0 Å². The Labute approximate surface area is 93.1 Å². The molecular formula is C10H14ClNO3. The second kappa shape index (κ2) is 5.92. The topological polar surface area (TPSA) is 72.7 Å². The van der Waals surface area contributed by atoms with Crippen LogP contribution in [-0.4, -0.2) is 34.6 Å². The van der Waals surface area contributed by atoms with E-state index in [0.29, 0.717) is 17.1 Å². The van der Waals surface area contributed by atoms with Gasteiger partial charge in [-0.2, -0.15) is 0 Å². The van der Waals surface area contributed by atoms with Gasteiger partial charge in [0.15, 0.2) is 0 Å². The molecule has 0 amide bonds. The Morgan fingerprint density at radius 3 is 2.80 bits per heavy atom. The maximum absolute atomic E-state index is 9.45. The first-order chi connectivity index (χ1) is 7.13. The molecule has 0 saturated carbocycles. The van der Waals surface area contributed by atoms with E-state index in [-0.39, 0.29) is 18.9 Å². The van der Waals surface area contributed by atoms with Crippen LogP contribution >= 0.6 is 11.6 Å². The molecular weight excluding hydrogens is 218 g/mol. The van der Waals surface area contributed by atoms with Crippen molar-refractivity contribution in [2.45, 2.75) is 12.6 Å². The second-order valence-electron chi connectivity index (χ2n) is 3.24. The van der Waals surface area contributed by atoms with Gasteiger partial charge in [-0.1, -0.05) is 11.6 Å². The zero-order valence-electron chi connectivity index (χ0n) is 8.15. The van der Waals surface area contributed by atoms with Crippen LogP contribution in [-0.2, 0) is 6.54 Å². The molecule has 0 bridgehead atoms. The highest BCUT2D eigenvalue weighted by atomic mass is 35.5. The Kier molecular flexibility index (Phi) is 4.84. The lowest BCUT2D eigenvalue weighted by molar-refractivity contribution is 0.0942. The molecule has 0 spiro atoms. The van der Waals surface area contributed by atoms with E-state index in [2.05, 4.69) is 5.32 Å². The fourth-order valence-corrected chi connectivity index (χ4v) is 1.33. The van der Waals surface area contributed by atoms with Crippen molar-refractivity contribution in [2.75, 3.05) is 13.2 Å². The number of rotatable bonds is 5. The fraction of sp³-hybridized carbons (Fsp3) is 0.400. The third kappa shape index (κ3) is 4.05. The van der Waals surface area contributed by atoms with Crippen molar-refractivity contribution in [3.63, 3.8) is 0 Å². The fourth-order valence-electron chi connectivity index (χ4n) is 1.13. The van der Waals surface area contributed by atoms with Gasteiger partial charge < -0.3 is 20.6 Å². The summed E-state index contributed by atoms with van der Waals surface area (Å²) in [6, 6.07) is 4.76. The van der Waals surface area contributed by atoms with Crippen molar-refractivity contribution in [3.05, 3.63) is 28.8 Å². The van der Waals surface area contributed by atoms with E-state index in [0.717, 1.165) is 0 Å². The zero-order chi connectivity index (χ0) is 11.3. The highest BCUT2D eigenvalue weighted by molar-refractivity contribution is 6.30. The van der Waals surface area contributed by atoms with Crippen LogP contribution in [0.3, 0.4) is 0 Å². The zero-order valence-corrected chi connectivity index (χ0v) is 8.91. The number of phenols is 1. The number of aliphatic hydroxyl groups excluding tert-OH is 2. The molecule has 15 heavy (non-hydrogen) atoms. The third-order valence-electron chi connectivity index (χ3n) is 1.95. The third-order valence-corrected chi connectivity index (χ3v) is 2.18. The highest BCUT2D eigenvalue weighted by Gasteiger charge is 2.04. The number of hydrogen-bond acceptors (Lipinski definition) is 4. The summed E-state index contributed by atoms with van der Waals surface area (Å²) in [5.74, 6) is 0.158. The molecule has 0 aromatic heterocycles. The molecule has 0 aliphatic heterocycles. The largest absolute Gasteiger partial charge is 0.508 e. The van der Waals surface area contributed by atoms with Gasteiger partial charge in [0, 0.05) is 23.7 Å². The lowest BCUT2D eigenvalue weighted by Gasteiger charge is -2.10. The molecule has 4 N–H and O–H groups in total. The number of halogens is 1. The Balaban J connectivity index is 2.46. The smallest absolute Gasteiger partial charge is 0.120 e. The summed E-state index contributed by atoms with van der Waals surface area (Å²) in [5.41, 5.74) is 0.660. The SMILES string of the molecule is OC[C@H](O)CNCc1cc(Cl)ccc1O. The summed E-state index contributed by atoms with van der Waals surface area (Å²) in [4.78, 5) is 0. The van der Waals surface area contributed by atoms with Crippen molar-refractivity contribution in [3.8, 4) is 5.75 Å². The quantitative estimate of drug-likeness (QED) is 0.595. The van der Waals surface area contributed by atoms with E-state index in [9.17, 15) is 5.11 Å². The van der Waals surface area contributed by atoms with E-state index >= 15 is 0 Å². The highest BCUT2D eigenvalue weighted by Crippen LogP contribution is 2.20. The molecule has 0 saturated heterocycles. The van der Waals surface area contributed by atoms with Gasteiger partial charge in [0.25, 0.3) is 0 Å². The molecule has 4 nitrogen and oxygen atoms in total. The normalized spacial score (nSPS) is 12.7. The van der Waals surface area contributed by atoms with Crippen molar-refractivity contribution in [2.24, 2.45) is 0 Å². The molecule has 0 heterocycles. The lowest BCUT2D eigenvalue weighted by Crippen LogP contribution is -2.28. The average molecular weight is 232 g/mol. The first-order valence-corrected chi connectivity index (χ1v) is 4.98. The Bertz CT molecular complexity index is 320. The molecule has 0 fully saturated rings. The predicted molar refractivity (Wildman–Crippen MR) is 57.9 cm³/mol. The maximum atomic E-state index is 9.45. The number of aromatic hydroxyl groups is 1. The first-order valence-electron chi connectivity index (χ1n) is 4.60. The molecule has 1 rings (SSSR count). The van der Waals surface area contributed by atoms with Crippen molar-refractivity contribution in [1.29, 1.82) is 0 Å². The van der Waals surface area contributed by atoms with E-state index in [1.54, 1.807) is 12.1 Å². The van der Waals surface area contributed by atoms with E-state index in [1.165, 1.54) is 6.07 Å². The van der Waals surface area contributed by atoms with Gasteiger partial charge in [0.05, 0.1) is 12.7 Å². The second-order valence-corrected chi connectivity index (χ2v) is 3.68.